The van der Waals surface area contributed by atoms with E-state index in [-0.39, 0.29) is 16.8 Å². The van der Waals surface area contributed by atoms with Gasteiger partial charge in [0.1, 0.15) is 17.5 Å². The Balaban J connectivity index is 2.34. The summed E-state index contributed by atoms with van der Waals surface area (Å²) >= 11 is 6.20. The maximum absolute atomic E-state index is 13.2. The molecule has 7 nitrogen and oxygen atoms in total. The lowest BCUT2D eigenvalue weighted by Gasteiger charge is -2.30. The van der Waals surface area contributed by atoms with Crippen molar-refractivity contribution in [3.05, 3.63) is 53.1 Å². The molecule has 0 aliphatic heterocycles. The maximum Gasteiger partial charge on any atom is 0.244 e. The zero-order chi connectivity index (χ0) is 24.1. The molecule has 2 atom stereocenters. The van der Waals surface area contributed by atoms with Crippen LogP contribution in [0.2, 0.25) is 5.02 Å². The summed E-state index contributed by atoms with van der Waals surface area (Å²) in [5.41, 5.74) is 1.20. The number of hydrogen-bond acceptors (Lipinski definition) is 5. The van der Waals surface area contributed by atoms with E-state index in [1.165, 1.54) is 13.2 Å². The fraction of sp³-hybridized carbons (Fsp3) is 0.435. The van der Waals surface area contributed by atoms with Crippen LogP contribution in [0.5, 0.6) is 11.5 Å². The average molecular weight is 483 g/mol. The number of anilines is 1. The van der Waals surface area contributed by atoms with Crippen molar-refractivity contribution in [2.24, 2.45) is 5.92 Å². The normalized spacial score (nSPS) is 13.4. The molecule has 2 rings (SSSR count). The van der Waals surface area contributed by atoms with Crippen molar-refractivity contribution >= 4 is 33.2 Å². The van der Waals surface area contributed by atoms with Crippen LogP contribution in [0.15, 0.2) is 42.5 Å². The minimum Gasteiger partial charge on any atom is -0.497 e. The van der Waals surface area contributed by atoms with E-state index >= 15 is 0 Å². The van der Waals surface area contributed by atoms with E-state index in [9.17, 15) is 13.2 Å². The highest BCUT2D eigenvalue weighted by atomic mass is 35.5. The van der Waals surface area contributed by atoms with Crippen LogP contribution < -0.4 is 19.1 Å². The van der Waals surface area contributed by atoms with E-state index in [0.29, 0.717) is 18.1 Å². The van der Waals surface area contributed by atoms with E-state index in [1.807, 2.05) is 24.3 Å². The molecule has 0 aliphatic carbocycles. The predicted molar refractivity (Wildman–Crippen MR) is 128 cm³/mol. The zero-order valence-electron chi connectivity index (χ0n) is 19.3. The number of rotatable bonds is 10. The van der Waals surface area contributed by atoms with E-state index < -0.39 is 22.0 Å². The number of nitrogens with one attached hydrogen (secondary N) is 1. The Kier molecular flexibility index (Phi) is 8.81. The summed E-state index contributed by atoms with van der Waals surface area (Å²) in [4.78, 5) is 13.2. The molecule has 1 amide bonds. The Hall–Kier alpha value is -2.45. The lowest BCUT2D eigenvalue weighted by atomic mass is 9.96. The smallest absolute Gasteiger partial charge is 0.244 e. The van der Waals surface area contributed by atoms with Crippen LogP contribution in [0.25, 0.3) is 0 Å². The molecule has 0 spiro atoms. The van der Waals surface area contributed by atoms with Crippen LogP contribution in [0.4, 0.5) is 5.69 Å². The van der Waals surface area contributed by atoms with E-state index in [4.69, 9.17) is 21.1 Å². The Bertz CT molecular complexity index is 1030. The SMILES string of the molecule is COc1ccc([C@@H](CC(C)C)NC(=O)[C@H](C)N(c2ccc(OC)c(Cl)c2)S(C)(=O)=O)cc1. The first-order valence-corrected chi connectivity index (χ1v) is 12.5. The topological polar surface area (TPSA) is 84.9 Å². The van der Waals surface area contributed by atoms with Crippen molar-refractivity contribution in [1.82, 2.24) is 5.32 Å². The molecule has 0 aliphatic rings. The lowest BCUT2D eigenvalue weighted by molar-refractivity contribution is -0.122. The number of sulfonamides is 1. The first-order chi connectivity index (χ1) is 15.0. The van der Waals surface area contributed by atoms with Gasteiger partial charge in [0.15, 0.2) is 0 Å². The third-order valence-corrected chi connectivity index (χ3v) is 6.56. The van der Waals surface area contributed by atoms with Crippen molar-refractivity contribution in [2.75, 3.05) is 24.8 Å². The van der Waals surface area contributed by atoms with Crippen molar-refractivity contribution < 1.29 is 22.7 Å². The molecule has 0 bridgehead atoms. The number of amides is 1. The van der Waals surface area contributed by atoms with Crippen LogP contribution in [0.1, 0.15) is 38.8 Å². The van der Waals surface area contributed by atoms with Crippen molar-refractivity contribution in [2.45, 2.75) is 39.3 Å². The van der Waals surface area contributed by atoms with Gasteiger partial charge in [0.05, 0.1) is 37.2 Å². The summed E-state index contributed by atoms with van der Waals surface area (Å²) in [6, 6.07) is 10.8. The van der Waals surface area contributed by atoms with Crippen molar-refractivity contribution in [3.63, 3.8) is 0 Å². The average Bonchev–Trinajstić information content (AvgIpc) is 2.72. The van der Waals surface area contributed by atoms with E-state index in [2.05, 4.69) is 19.2 Å². The molecular formula is C23H31ClN2O5S. The van der Waals surface area contributed by atoms with Gasteiger partial charge in [-0.3, -0.25) is 9.10 Å². The Labute approximate surface area is 195 Å². The van der Waals surface area contributed by atoms with Crippen LogP contribution in [0, 0.1) is 5.92 Å². The summed E-state index contributed by atoms with van der Waals surface area (Å²) in [5.74, 6) is 1.03. The molecular weight excluding hydrogens is 452 g/mol. The quantitative estimate of drug-likeness (QED) is 0.542. The summed E-state index contributed by atoms with van der Waals surface area (Å²) < 4.78 is 36.6. The summed E-state index contributed by atoms with van der Waals surface area (Å²) in [6.45, 7) is 5.68. The zero-order valence-corrected chi connectivity index (χ0v) is 20.8. The standard InChI is InChI=1S/C23H31ClN2O5S/c1-15(2)13-21(17-7-10-19(30-4)11-8-17)25-23(27)16(3)26(32(6,28)29)18-9-12-22(31-5)20(24)14-18/h7-12,14-16,21H,13H2,1-6H3,(H,25,27)/t16-,21+/m0/s1. The first kappa shape index (κ1) is 25.8. The Morgan fingerprint density at radius 2 is 1.69 bits per heavy atom. The second-order valence-corrected chi connectivity index (χ2v) is 10.3. The van der Waals surface area contributed by atoms with Gasteiger partial charge in [-0.05, 0) is 55.2 Å². The largest absolute Gasteiger partial charge is 0.497 e. The van der Waals surface area contributed by atoms with Crippen LogP contribution >= 0.6 is 11.6 Å². The first-order valence-electron chi connectivity index (χ1n) is 10.2. The number of nitrogens with zero attached hydrogens (tertiary/aromatic N) is 1. The van der Waals surface area contributed by atoms with Crippen molar-refractivity contribution in [1.29, 1.82) is 0 Å². The minimum absolute atomic E-state index is 0.252. The molecule has 0 aromatic heterocycles. The van der Waals surface area contributed by atoms with Crippen LogP contribution in [-0.4, -0.2) is 40.8 Å². The number of halogens is 1. The Morgan fingerprint density at radius 3 is 2.16 bits per heavy atom. The van der Waals surface area contributed by atoms with Gasteiger partial charge in [0.25, 0.3) is 0 Å². The van der Waals surface area contributed by atoms with Gasteiger partial charge in [-0.25, -0.2) is 8.42 Å². The molecule has 9 heteroatoms. The van der Waals surface area contributed by atoms with Gasteiger partial charge in [-0.2, -0.15) is 0 Å². The summed E-state index contributed by atoms with van der Waals surface area (Å²) in [6.07, 6.45) is 1.75. The maximum atomic E-state index is 13.2. The number of carbonyl (C=O) groups is 1. The van der Waals surface area contributed by atoms with E-state index in [0.717, 1.165) is 21.9 Å². The van der Waals surface area contributed by atoms with Gasteiger partial charge in [0, 0.05) is 0 Å². The molecule has 1 N–H and O–H groups in total. The second-order valence-electron chi connectivity index (χ2n) is 8.02. The highest BCUT2D eigenvalue weighted by Crippen LogP contribution is 2.31. The Morgan fingerprint density at radius 1 is 1.06 bits per heavy atom. The van der Waals surface area contributed by atoms with Crippen LogP contribution in [0.3, 0.4) is 0 Å². The summed E-state index contributed by atoms with van der Waals surface area (Å²) in [7, 11) is -0.710. The molecule has 0 fully saturated rings. The van der Waals surface area contributed by atoms with Gasteiger partial charge in [0.2, 0.25) is 15.9 Å². The molecule has 0 saturated carbocycles. The lowest BCUT2D eigenvalue weighted by Crippen LogP contribution is -2.48. The molecule has 0 heterocycles. The molecule has 2 aromatic rings. The molecule has 0 saturated heterocycles. The second kappa shape index (κ2) is 10.9. The van der Waals surface area contributed by atoms with Gasteiger partial charge < -0.3 is 14.8 Å². The van der Waals surface area contributed by atoms with Crippen LogP contribution in [-0.2, 0) is 14.8 Å². The molecule has 176 valence electrons. The third-order valence-electron chi connectivity index (χ3n) is 5.02. The highest BCUT2D eigenvalue weighted by Gasteiger charge is 2.31. The number of ether oxygens (including phenoxy) is 2. The predicted octanol–water partition coefficient (Wildman–Crippen LogP) is 4.42. The molecule has 2 aromatic carbocycles. The van der Waals surface area contributed by atoms with Gasteiger partial charge >= 0.3 is 0 Å². The number of methoxy groups -OCH3 is 2. The van der Waals surface area contributed by atoms with E-state index in [1.54, 1.807) is 26.2 Å². The molecule has 32 heavy (non-hydrogen) atoms. The summed E-state index contributed by atoms with van der Waals surface area (Å²) in [5, 5.41) is 3.27. The third kappa shape index (κ3) is 6.53. The fourth-order valence-electron chi connectivity index (χ4n) is 3.48. The molecule has 0 unspecified atom stereocenters. The van der Waals surface area contributed by atoms with Crippen molar-refractivity contribution in [3.8, 4) is 11.5 Å². The fourth-order valence-corrected chi connectivity index (χ4v) is 4.90. The number of carbonyl (C=O) groups excluding carboxylic acids is 1. The number of benzene rings is 2. The van der Waals surface area contributed by atoms with Gasteiger partial charge in [-0.15, -0.1) is 0 Å². The monoisotopic (exact) mass is 482 g/mol. The van der Waals surface area contributed by atoms with Gasteiger partial charge in [-0.1, -0.05) is 37.6 Å². The highest BCUT2D eigenvalue weighted by molar-refractivity contribution is 7.92. The molecule has 0 radical (unpaired) electrons. The minimum atomic E-state index is -3.77. The number of hydrogen-bond donors (Lipinski definition) is 1.